The monoisotopic (exact) mass is 144 g/mol. The molecule has 9 heavy (non-hydrogen) atoms. The van der Waals surface area contributed by atoms with Gasteiger partial charge in [0.15, 0.2) is 0 Å². The van der Waals surface area contributed by atoms with Crippen LogP contribution in [-0.4, -0.2) is 9.55 Å². The molecule has 50 valence electrons. The van der Waals surface area contributed by atoms with E-state index >= 15 is 0 Å². The van der Waals surface area contributed by atoms with Crippen LogP contribution in [0.5, 0.6) is 0 Å². The Morgan fingerprint density at radius 3 is 2.67 bits per heavy atom. The van der Waals surface area contributed by atoms with E-state index in [1.165, 1.54) is 0 Å². The largest absolute Gasteiger partial charge is 0.337 e. The van der Waals surface area contributed by atoms with Crippen molar-refractivity contribution in [1.29, 1.82) is 0 Å². The van der Waals surface area contributed by atoms with Gasteiger partial charge in [-0.2, -0.15) is 0 Å². The number of alkyl halides is 1. The zero-order valence-corrected chi connectivity index (χ0v) is 6.31. The highest BCUT2D eigenvalue weighted by molar-refractivity contribution is 6.16. The Morgan fingerprint density at radius 2 is 2.44 bits per heavy atom. The zero-order valence-electron chi connectivity index (χ0n) is 5.56. The van der Waals surface area contributed by atoms with Crippen LogP contribution in [0.2, 0.25) is 0 Å². The molecule has 0 amide bonds. The number of rotatable bonds is 1. The summed E-state index contributed by atoms with van der Waals surface area (Å²) in [7, 11) is 1.94. The van der Waals surface area contributed by atoms with E-state index in [4.69, 9.17) is 11.6 Å². The van der Waals surface area contributed by atoms with Crippen LogP contribution in [0.4, 0.5) is 0 Å². The molecule has 0 aliphatic rings. The van der Waals surface area contributed by atoms with Crippen molar-refractivity contribution in [1.82, 2.24) is 9.55 Å². The maximum Gasteiger partial charge on any atom is 0.123 e. The molecule has 0 aromatic carbocycles. The second-order valence-corrected chi connectivity index (χ2v) is 2.31. The summed E-state index contributed by atoms with van der Waals surface area (Å²) in [6.45, 7) is 1.95. The molecule has 0 saturated heterocycles. The highest BCUT2D eigenvalue weighted by Crippen LogP contribution is 2.01. The predicted molar refractivity (Wildman–Crippen MR) is 37.5 cm³/mol. The van der Waals surface area contributed by atoms with E-state index in [1.54, 1.807) is 0 Å². The van der Waals surface area contributed by atoms with Crippen LogP contribution in [0.25, 0.3) is 0 Å². The lowest BCUT2D eigenvalue weighted by molar-refractivity contribution is 0.847. The Morgan fingerprint density at radius 1 is 1.78 bits per heavy atom. The first-order valence-corrected chi connectivity index (χ1v) is 3.32. The molecule has 1 rings (SSSR count). The van der Waals surface area contributed by atoms with Crippen molar-refractivity contribution in [3.8, 4) is 0 Å². The highest BCUT2D eigenvalue weighted by atomic mass is 35.5. The lowest BCUT2D eigenvalue weighted by Gasteiger charge is -1.91. The van der Waals surface area contributed by atoms with E-state index in [0.717, 1.165) is 11.5 Å². The van der Waals surface area contributed by atoms with Crippen LogP contribution in [0.3, 0.4) is 0 Å². The van der Waals surface area contributed by atoms with Gasteiger partial charge in [0.05, 0.1) is 11.6 Å². The van der Waals surface area contributed by atoms with Crippen molar-refractivity contribution in [2.75, 3.05) is 0 Å². The van der Waals surface area contributed by atoms with Gasteiger partial charge >= 0.3 is 0 Å². The first-order chi connectivity index (χ1) is 4.24. The smallest absolute Gasteiger partial charge is 0.123 e. The molecule has 0 spiro atoms. The molecule has 0 N–H and O–H groups in total. The molecular formula is C6H9ClN2. The minimum Gasteiger partial charge on any atom is -0.337 e. The van der Waals surface area contributed by atoms with Gasteiger partial charge in [-0.3, -0.25) is 0 Å². The lowest BCUT2D eigenvalue weighted by Crippen LogP contribution is -1.91. The topological polar surface area (TPSA) is 17.8 Å². The van der Waals surface area contributed by atoms with E-state index < -0.39 is 0 Å². The first kappa shape index (κ1) is 6.62. The lowest BCUT2D eigenvalue weighted by atomic mass is 10.6. The van der Waals surface area contributed by atoms with Crippen LogP contribution in [0.15, 0.2) is 6.20 Å². The van der Waals surface area contributed by atoms with Gasteiger partial charge in [-0.1, -0.05) is 0 Å². The molecule has 2 nitrogen and oxygen atoms in total. The van der Waals surface area contributed by atoms with Gasteiger partial charge in [-0.05, 0) is 6.92 Å². The molecule has 0 aliphatic carbocycles. The van der Waals surface area contributed by atoms with Crippen molar-refractivity contribution >= 4 is 11.6 Å². The highest BCUT2D eigenvalue weighted by Gasteiger charge is 1.97. The molecule has 0 fully saturated rings. The summed E-state index contributed by atoms with van der Waals surface area (Å²) in [5.74, 6) is 1.42. The number of hydrogen-bond donors (Lipinski definition) is 0. The van der Waals surface area contributed by atoms with Crippen molar-refractivity contribution in [2.45, 2.75) is 12.8 Å². The fourth-order valence-corrected chi connectivity index (χ4v) is 1.04. The molecule has 0 unspecified atom stereocenters. The van der Waals surface area contributed by atoms with Crippen LogP contribution < -0.4 is 0 Å². The molecule has 3 heteroatoms. The van der Waals surface area contributed by atoms with Crippen molar-refractivity contribution in [2.24, 2.45) is 7.05 Å². The van der Waals surface area contributed by atoms with Gasteiger partial charge in [0.2, 0.25) is 0 Å². The number of imidazole rings is 1. The van der Waals surface area contributed by atoms with E-state index in [0.29, 0.717) is 5.88 Å². The van der Waals surface area contributed by atoms with Gasteiger partial charge < -0.3 is 4.57 Å². The third-order valence-electron chi connectivity index (χ3n) is 1.21. The Bertz CT molecular complexity index is 205. The molecule has 1 aromatic rings. The molecular weight excluding hydrogens is 136 g/mol. The minimum atomic E-state index is 0.490. The van der Waals surface area contributed by atoms with E-state index in [2.05, 4.69) is 4.98 Å². The Hall–Kier alpha value is -0.500. The fraction of sp³-hybridized carbons (Fsp3) is 0.500. The fourth-order valence-electron chi connectivity index (χ4n) is 0.790. The second-order valence-electron chi connectivity index (χ2n) is 2.04. The zero-order chi connectivity index (χ0) is 6.85. The van der Waals surface area contributed by atoms with Gasteiger partial charge in [0, 0.05) is 13.2 Å². The SMILES string of the molecule is Cc1cn(C)c(CCl)n1. The van der Waals surface area contributed by atoms with Crippen molar-refractivity contribution in [3.05, 3.63) is 17.7 Å². The van der Waals surface area contributed by atoms with Crippen LogP contribution in [-0.2, 0) is 12.9 Å². The third kappa shape index (κ3) is 1.24. The quantitative estimate of drug-likeness (QED) is 0.546. The average molecular weight is 145 g/mol. The molecule has 0 bridgehead atoms. The van der Waals surface area contributed by atoms with Crippen LogP contribution in [0, 0.1) is 6.92 Å². The molecule has 0 saturated carbocycles. The number of hydrogen-bond acceptors (Lipinski definition) is 1. The van der Waals surface area contributed by atoms with Crippen LogP contribution in [0.1, 0.15) is 11.5 Å². The van der Waals surface area contributed by atoms with Gasteiger partial charge in [0.1, 0.15) is 5.82 Å². The second kappa shape index (κ2) is 2.40. The van der Waals surface area contributed by atoms with Gasteiger partial charge in [-0.25, -0.2) is 4.98 Å². The van der Waals surface area contributed by atoms with E-state index in [9.17, 15) is 0 Å². The summed E-state index contributed by atoms with van der Waals surface area (Å²) in [5, 5.41) is 0. The molecule has 1 aromatic heterocycles. The molecule has 0 aliphatic heterocycles. The normalized spacial score (nSPS) is 10.1. The summed E-state index contributed by atoms with van der Waals surface area (Å²) >= 11 is 5.56. The summed E-state index contributed by atoms with van der Waals surface area (Å²) in [5.41, 5.74) is 1.02. The third-order valence-corrected chi connectivity index (χ3v) is 1.45. The Balaban J connectivity index is 3.01. The summed E-state index contributed by atoms with van der Waals surface area (Å²) in [4.78, 5) is 4.16. The van der Waals surface area contributed by atoms with Crippen LogP contribution >= 0.6 is 11.6 Å². The van der Waals surface area contributed by atoms with E-state index in [-0.39, 0.29) is 0 Å². The van der Waals surface area contributed by atoms with Gasteiger partial charge in [-0.15, -0.1) is 11.6 Å². The molecule has 0 atom stereocenters. The average Bonchev–Trinajstić information content (AvgIpc) is 2.10. The molecule has 1 heterocycles. The Kier molecular flexibility index (Phi) is 1.76. The van der Waals surface area contributed by atoms with E-state index in [1.807, 2.05) is 24.7 Å². The maximum atomic E-state index is 5.56. The Labute approximate surface area is 59.5 Å². The van der Waals surface area contributed by atoms with Crippen molar-refractivity contribution < 1.29 is 0 Å². The molecule has 0 radical (unpaired) electrons. The summed E-state index contributed by atoms with van der Waals surface area (Å²) in [6, 6.07) is 0. The summed E-state index contributed by atoms with van der Waals surface area (Å²) < 4.78 is 1.93. The number of halogens is 1. The summed E-state index contributed by atoms with van der Waals surface area (Å²) in [6.07, 6.45) is 1.96. The first-order valence-electron chi connectivity index (χ1n) is 2.79. The van der Waals surface area contributed by atoms with Crippen molar-refractivity contribution in [3.63, 3.8) is 0 Å². The number of aromatic nitrogens is 2. The van der Waals surface area contributed by atoms with Gasteiger partial charge in [0.25, 0.3) is 0 Å². The number of nitrogens with zero attached hydrogens (tertiary/aromatic N) is 2. The maximum absolute atomic E-state index is 5.56. The standard InChI is InChI=1S/C6H9ClN2/c1-5-4-9(2)6(3-7)8-5/h4H,3H2,1-2H3. The number of aryl methyl sites for hydroxylation is 2. The predicted octanol–water partition coefficient (Wildman–Crippen LogP) is 1.47. The minimum absolute atomic E-state index is 0.490.